The molecule has 3 rings (SSSR count). The van der Waals surface area contributed by atoms with Crippen LogP contribution in [0.4, 0.5) is 0 Å². The van der Waals surface area contributed by atoms with E-state index in [4.69, 9.17) is 0 Å². The highest BCUT2D eigenvalue weighted by molar-refractivity contribution is 5.91. The smallest absolute Gasteiger partial charge is 0.145 e. The van der Waals surface area contributed by atoms with Gasteiger partial charge < -0.3 is 15.5 Å². The van der Waals surface area contributed by atoms with Gasteiger partial charge in [-0.3, -0.25) is 4.99 Å². The average Bonchev–Trinajstić information content (AvgIpc) is 2.74. The maximum atomic E-state index is 9.50. The third-order valence-electron chi connectivity index (χ3n) is 3.52. The van der Waals surface area contributed by atoms with Crippen molar-refractivity contribution in [1.29, 1.82) is 0 Å². The Labute approximate surface area is 100 Å². The van der Waals surface area contributed by atoms with Gasteiger partial charge in [0.05, 0.1) is 6.54 Å². The van der Waals surface area contributed by atoms with E-state index in [2.05, 4.69) is 10.3 Å². The third kappa shape index (κ3) is 1.89. The Hall–Kier alpha value is -1.55. The molecule has 0 amide bonds. The summed E-state index contributed by atoms with van der Waals surface area (Å²) in [7, 11) is 0. The Morgan fingerprint density at radius 3 is 3.00 bits per heavy atom. The van der Waals surface area contributed by atoms with Crippen LogP contribution in [0.1, 0.15) is 29.9 Å². The first kappa shape index (κ1) is 10.6. The molecule has 0 spiro atoms. The zero-order valence-electron chi connectivity index (χ0n) is 9.56. The van der Waals surface area contributed by atoms with Crippen LogP contribution in [0.25, 0.3) is 0 Å². The lowest BCUT2D eigenvalue weighted by Gasteiger charge is -2.26. The topological polar surface area (TPSA) is 64.9 Å². The van der Waals surface area contributed by atoms with Crippen LogP contribution in [-0.2, 0) is 6.42 Å². The van der Waals surface area contributed by atoms with Crippen molar-refractivity contribution < 1.29 is 10.2 Å². The van der Waals surface area contributed by atoms with Gasteiger partial charge in [-0.25, -0.2) is 0 Å². The lowest BCUT2D eigenvalue weighted by Crippen LogP contribution is -2.34. The molecule has 1 aromatic rings. The highest BCUT2D eigenvalue weighted by Crippen LogP contribution is 2.34. The summed E-state index contributed by atoms with van der Waals surface area (Å²) in [6, 6.07) is 5.54. The van der Waals surface area contributed by atoms with E-state index in [1.165, 1.54) is 11.1 Å². The number of aliphatic hydroxyl groups is 1. The number of aliphatic hydroxyl groups excluding tert-OH is 1. The van der Waals surface area contributed by atoms with Crippen molar-refractivity contribution in [2.24, 2.45) is 4.99 Å². The Morgan fingerprint density at radius 1 is 1.35 bits per heavy atom. The van der Waals surface area contributed by atoms with Crippen molar-refractivity contribution in [3.8, 4) is 5.75 Å². The predicted molar refractivity (Wildman–Crippen MR) is 65.2 cm³/mol. The number of hydrogen-bond donors (Lipinski definition) is 3. The number of benzene rings is 1. The molecule has 1 aromatic carbocycles. The van der Waals surface area contributed by atoms with E-state index in [-0.39, 0.29) is 5.92 Å². The molecule has 0 saturated heterocycles. The van der Waals surface area contributed by atoms with E-state index in [1.54, 1.807) is 6.07 Å². The Balaban J connectivity index is 1.94. The Kier molecular flexibility index (Phi) is 2.52. The summed E-state index contributed by atoms with van der Waals surface area (Å²) >= 11 is 0. The Morgan fingerprint density at radius 2 is 2.24 bits per heavy atom. The minimum Gasteiger partial charge on any atom is -0.508 e. The van der Waals surface area contributed by atoms with E-state index >= 15 is 0 Å². The number of aromatic hydroxyl groups is 1. The second-order valence-electron chi connectivity index (χ2n) is 4.71. The molecular formula is C13H16N2O2. The minimum absolute atomic E-state index is 0.247. The monoisotopic (exact) mass is 232 g/mol. The van der Waals surface area contributed by atoms with Gasteiger partial charge in [-0.1, -0.05) is 6.07 Å². The van der Waals surface area contributed by atoms with Crippen molar-refractivity contribution >= 4 is 5.84 Å². The molecule has 0 saturated carbocycles. The number of aryl methyl sites for hydroxylation is 1. The fraction of sp³-hybridized carbons (Fsp3) is 0.462. The molecule has 4 nitrogen and oxygen atoms in total. The summed E-state index contributed by atoms with van der Waals surface area (Å²) in [6.07, 6.45) is 2.62. The van der Waals surface area contributed by atoms with Crippen molar-refractivity contribution in [2.45, 2.75) is 31.4 Å². The molecule has 90 valence electrons. The van der Waals surface area contributed by atoms with Gasteiger partial charge in [0.15, 0.2) is 0 Å². The quantitative estimate of drug-likeness (QED) is 0.680. The molecule has 1 aliphatic carbocycles. The van der Waals surface area contributed by atoms with E-state index in [0.717, 1.165) is 25.1 Å². The molecular weight excluding hydrogens is 216 g/mol. The van der Waals surface area contributed by atoms with Gasteiger partial charge >= 0.3 is 0 Å². The maximum Gasteiger partial charge on any atom is 0.145 e. The van der Waals surface area contributed by atoms with Crippen LogP contribution in [0, 0.1) is 0 Å². The van der Waals surface area contributed by atoms with Crippen molar-refractivity contribution in [1.82, 2.24) is 5.32 Å². The van der Waals surface area contributed by atoms with Gasteiger partial charge in [0, 0.05) is 5.92 Å². The number of rotatable bonds is 1. The number of hydrogen-bond acceptors (Lipinski definition) is 4. The molecule has 2 unspecified atom stereocenters. The molecule has 4 heteroatoms. The summed E-state index contributed by atoms with van der Waals surface area (Å²) in [5, 5.41) is 22.0. The number of phenols is 1. The average molecular weight is 232 g/mol. The van der Waals surface area contributed by atoms with Gasteiger partial charge in [0.1, 0.15) is 17.8 Å². The highest BCUT2D eigenvalue weighted by atomic mass is 16.3. The number of nitrogens with one attached hydrogen (secondary N) is 1. The van der Waals surface area contributed by atoms with Crippen LogP contribution in [0.5, 0.6) is 5.75 Å². The van der Waals surface area contributed by atoms with Crippen LogP contribution < -0.4 is 5.32 Å². The fourth-order valence-corrected chi connectivity index (χ4v) is 2.74. The zero-order chi connectivity index (χ0) is 11.8. The molecule has 17 heavy (non-hydrogen) atoms. The SMILES string of the molecule is Oc1ccc2c(c1)CCCC2C1=NCC(O)N1. The van der Waals surface area contributed by atoms with Crippen LogP contribution in [-0.4, -0.2) is 28.8 Å². The van der Waals surface area contributed by atoms with Crippen molar-refractivity contribution in [3.05, 3.63) is 29.3 Å². The maximum absolute atomic E-state index is 9.50. The lowest BCUT2D eigenvalue weighted by atomic mass is 9.82. The number of phenolic OH excluding ortho intramolecular Hbond substituents is 1. The second-order valence-corrected chi connectivity index (χ2v) is 4.71. The Bertz CT molecular complexity index is 470. The summed E-state index contributed by atoms with van der Waals surface area (Å²) in [5.41, 5.74) is 2.43. The summed E-state index contributed by atoms with van der Waals surface area (Å²) in [4.78, 5) is 4.35. The number of nitrogens with zero attached hydrogens (tertiary/aromatic N) is 1. The third-order valence-corrected chi connectivity index (χ3v) is 3.52. The van der Waals surface area contributed by atoms with E-state index < -0.39 is 6.23 Å². The van der Waals surface area contributed by atoms with Crippen LogP contribution >= 0.6 is 0 Å². The molecule has 0 aromatic heterocycles. The highest BCUT2D eigenvalue weighted by Gasteiger charge is 2.28. The molecule has 0 bridgehead atoms. The molecule has 2 atom stereocenters. The number of aliphatic imine (C=N–C) groups is 1. The number of amidine groups is 1. The normalized spacial score (nSPS) is 27.2. The van der Waals surface area contributed by atoms with Gasteiger partial charge in [-0.15, -0.1) is 0 Å². The van der Waals surface area contributed by atoms with E-state index in [1.807, 2.05) is 12.1 Å². The molecule has 0 radical (unpaired) electrons. The van der Waals surface area contributed by atoms with E-state index in [0.29, 0.717) is 12.3 Å². The van der Waals surface area contributed by atoms with Crippen molar-refractivity contribution in [3.63, 3.8) is 0 Å². The predicted octanol–water partition coefficient (Wildman–Crippen LogP) is 1.13. The first-order valence-corrected chi connectivity index (χ1v) is 6.05. The summed E-state index contributed by atoms with van der Waals surface area (Å²) in [6.45, 7) is 0.444. The van der Waals surface area contributed by atoms with Crippen molar-refractivity contribution in [2.75, 3.05) is 6.54 Å². The van der Waals surface area contributed by atoms with Gasteiger partial charge in [-0.05, 0) is 42.5 Å². The van der Waals surface area contributed by atoms with Gasteiger partial charge in [0.2, 0.25) is 0 Å². The first-order valence-electron chi connectivity index (χ1n) is 6.05. The van der Waals surface area contributed by atoms with Crippen LogP contribution in [0.15, 0.2) is 23.2 Å². The summed E-state index contributed by atoms with van der Waals surface area (Å²) < 4.78 is 0. The van der Waals surface area contributed by atoms with Gasteiger partial charge in [-0.2, -0.15) is 0 Å². The lowest BCUT2D eigenvalue weighted by molar-refractivity contribution is 0.178. The van der Waals surface area contributed by atoms with E-state index in [9.17, 15) is 10.2 Å². The molecule has 1 aliphatic heterocycles. The van der Waals surface area contributed by atoms with Crippen LogP contribution in [0.3, 0.4) is 0 Å². The van der Waals surface area contributed by atoms with Crippen LogP contribution in [0.2, 0.25) is 0 Å². The standard InChI is InChI=1S/C13H16N2O2/c16-9-4-5-10-8(6-9)2-1-3-11(10)13-14-7-12(17)15-13/h4-6,11-12,16-17H,1-3,7H2,(H,14,15). The molecule has 2 aliphatic rings. The number of fused-ring (bicyclic) bond motifs is 1. The molecule has 3 N–H and O–H groups in total. The first-order chi connectivity index (χ1) is 8.24. The van der Waals surface area contributed by atoms with Gasteiger partial charge in [0.25, 0.3) is 0 Å². The fourth-order valence-electron chi connectivity index (χ4n) is 2.74. The zero-order valence-corrected chi connectivity index (χ0v) is 9.56. The molecule has 0 fully saturated rings. The second kappa shape index (κ2) is 4.04. The summed E-state index contributed by atoms with van der Waals surface area (Å²) in [5.74, 6) is 1.46. The minimum atomic E-state index is -0.535. The largest absolute Gasteiger partial charge is 0.508 e. The molecule has 1 heterocycles.